The van der Waals surface area contributed by atoms with Gasteiger partial charge in [-0.3, -0.25) is 9.79 Å². The number of carboxylic acids is 1. The number of nitrogens with zero attached hydrogens (tertiary/aromatic N) is 1. The van der Waals surface area contributed by atoms with Crippen molar-refractivity contribution < 1.29 is 9.90 Å². The molecule has 5 heteroatoms. The van der Waals surface area contributed by atoms with Crippen LogP contribution in [0.2, 0.25) is 0 Å². The summed E-state index contributed by atoms with van der Waals surface area (Å²) < 4.78 is 0. The molecule has 1 heterocycles. The number of benzene rings is 1. The van der Waals surface area contributed by atoms with E-state index in [1.165, 1.54) is 11.8 Å². The highest BCUT2D eigenvalue weighted by molar-refractivity contribution is 8.14. The molecule has 1 unspecified atom stereocenters. The van der Waals surface area contributed by atoms with E-state index in [1.807, 2.05) is 30.3 Å². The number of aliphatic carboxylic acids is 1. The van der Waals surface area contributed by atoms with E-state index >= 15 is 0 Å². The van der Waals surface area contributed by atoms with Crippen LogP contribution >= 0.6 is 11.8 Å². The van der Waals surface area contributed by atoms with Gasteiger partial charge in [-0.2, -0.15) is 0 Å². The van der Waals surface area contributed by atoms with Crippen LogP contribution in [0.4, 0.5) is 0 Å². The fourth-order valence-corrected chi connectivity index (χ4v) is 2.42. The molecule has 4 nitrogen and oxygen atoms in total. The topological polar surface area (TPSA) is 61.7 Å². The third kappa shape index (κ3) is 2.55. The first kappa shape index (κ1) is 11.0. The van der Waals surface area contributed by atoms with Crippen LogP contribution in [0.3, 0.4) is 0 Å². The Labute approximate surface area is 97.8 Å². The second kappa shape index (κ2) is 5.03. The minimum atomic E-state index is -0.840. The van der Waals surface area contributed by atoms with Crippen LogP contribution in [0.5, 0.6) is 0 Å². The summed E-state index contributed by atoms with van der Waals surface area (Å²) in [7, 11) is 0. The van der Waals surface area contributed by atoms with Gasteiger partial charge in [-0.15, -0.1) is 0 Å². The molecule has 16 heavy (non-hydrogen) atoms. The Morgan fingerprint density at radius 3 is 2.75 bits per heavy atom. The van der Waals surface area contributed by atoms with Gasteiger partial charge in [-0.1, -0.05) is 42.1 Å². The zero-order valence-electron chi connectivity index (χ0n) is 8.59. The number of aliphatic imine (C=N–C) groups is 1. The monoisotopic (exact) mass is 236 g/mol. The average molecular weight is 236 g/mol. The lowest BCUT2D eigenvalue weighted by Gasteiger charge is -2.12. The predicted octanol–water partition coefficient (Wildman–Crippen LogP) is 1.50. The molecule has 0 fully saturated rings. The number of thioether (sulfide) groups is 1. The van der Waals surface area contributed by atoms with Gasteiger partial charge in [-0.05, 0) is 5.56 Å². The van der Waals surface area contributed by atoms with E-state index in [4.69, 9.17) is 0 Å². The van der Waals surface area contributed by atoms with Crippen molar-refractivity contribution in [3.63, 3.8) is 0 Å². The van der Waals surface area contributed by atoms with Gasteiger partial charge in [0.15, 0.2) is 5.17 Å². The van der Waals surface area contributed by atoms with Crippen LogP contribution in [0.1, 0.15) is 10.8 Å². The number of nitrogens with one attached hydrogen (secondary N) is 1. The maximum Gasteiger partial charge on any atom is 0.321 e. The zero-order valence-corrected chi connectivity index (χ0v) is 9.41. The lowest BCUT2D eigenvalue weighted by Crippen LogP contribution is -2.19. The van der Waals surface area contributed by atoms with Gasteiger partial charge >= 0.3 is 5.97 Å². The second-order valence-corrected chi connectivity index (χ2v) is 4.45. The highest BCUT2D eigenvalue weighted by Crippen LogP contribution is 2.29. The van der Waals surface area contributed by atoms with Gasteiger partial charge < -0.3 is 10.4 Å². The Morgan fingerprint density at radius 2 is 2.19 bits per heavy atom. The van der Waals surface area contributed by atoms with Crippen LogP contribution in [-0.4, -0.2) is 29.3 Å². The summed E-state index contributed by atoms with van der Waals surface area (Å²) in [6.07, 6.45) is 0. The van der Waals surface area contributed by atoms with Crippen molar-refractivity contribution in [2.75, 3.05) is 13.1 Å². The summed E-state index contributed by atoms with van der Waals surface area (Å²) in [6.45, 7) is 1.52. The van der Waals surface area contributed by atoms with Crippen molar-refractivity contribution in [2.24, 2.45) is 4.99 Å². The van der Waals surface area contributed by atoms with Gasteiger partial charge in [0.05, 0.1) is 6.54 Å². The lowest BCUT2D eigenvalue weighted by atomic mass is 10.1. The molecule has 1 aliphatic heterocycles. The van der Waals surface area contributed by atoms with Gasteiger partial charge in [0.1, 0.15) is 5.25 Å². The molecule has 0 spiro atoms. The van der Waals surface area contributed by atoms with Gasteiger partial charge in [0, 0.05) is 6.54 Å². The summed E-state index contributed by atoms with van der Waals surface area (Å²) in [4.78, 5) is 15.4. The Kier molecular flexibility index (Phi) is 3.46. The summed E-state index contributed by atoms with van der Waals surface area (Å²) in [5.41, 5.74) is 0.788. The molecule has 2 rings (SSSR count). The molecule has 84 valence electrons. The van der Waals surface area contributed by atoms with E-state index < -0.39 is 11.2 Å². The first-order valence-electron chi connectivity index (χ1n) is 5.00. The molecule has 0 saturated heterocycles. The molecule has 0 saturated carbocycles. The number of carbonyl (C=O) groups is 1. The van der Waals surface area contributed by atoms with Crippen molar-refractivity contribution in [3.05, 3.63) is 35.9 Å². The van der Waals surface area contributed by atoms with E-state index in [0.717, 1.165) is 23.8 Å². The average Bonchev–Trinajstić information content (AvgIpc) is 2.79. The quantitative estimate of drug-likeness (QED) is 0.835. The highest BCUT2D eigenvalue weighted by Gasteiger charge is 2.23. The van der Waals surface area contributed by atoms with Gasteiger partial charge in [0.25, 0.3) is 0 Å². The molecule has 2 N–H and O–H groups in total. The molecule has 0 amide bonds. The van der Waals surface area contributed by atoms with Crippen LogP contribution in [0, 0.1) is 0 Å². The van der Waals surface area contributed by atoms with Crippen molar-refractivity contribution in [3.8, 4) is 0 Å². The van der Waals surface area contributed by atoms with E-state index in [1.54, 1.807) is 0 Å². The number of carboxylic acid groups (broad SMARTS) is 1. The first-order valence-corrected chi connectivity index (χ1v) is 5.88. The summed E-state index contributed by atoms with van der Waals surface area (Å²) in [5.74, 6) is -0.840. The summed E-state index contributed by atoms with van der Waals surface area (Å²) in [6, 6.07) is 9.20. The van der Waals surface area contributed by atoms with Crippen molar-refractivity contribution >= 4 is 22.9 Å². The minimum absolute atomic E-state index is 0.592. The van der Waals surface area contributed by atoms with E-state index in [9.17, 15) is 9.90 Å². The fraction of sp³-hybridized carbons (Fsp3) is 0.273. The van der Waals surface area contributed by atoms with Crippen LogP contribution in [0.15, 0.2) is 35.3 Å². The highest BCUT2D eigenvalue weighted by atomic mass is 32.2. The molecule has 0 bridgehead atoms. The molecular weight excluding hydrogens is 224 g/mol. The smallest absolute Gasteiger partial charge is 0.321 e. The predicted molar refractivity (Wildman–Crippen MR) is 64.7 cm³/mol. The Balaban J connectivity index is 2.14. The van der Waals surface area contributed by atoms with Crippen LogP contribution in [0.25, 0.3) is 0 Å². The van der Waals surface area contributed by atoms with E-state index in [0.29, 0.717) is 0 Å². The molecule has 1 aromatic rings. The van der Waals surface area contributed by atoms with Crippen molar-refractivity contribution in [1.29, 1.82) is 0 Å². The van der Waals surface area contributed by atoms with E-state index in [2.05, 4.69) is 10.3 Å². The number of hydrogen-bond acceptors (Lipinski definition) is 4. The SMILES string of the molecule is O=C(O)C(SC1=NCCN1)c1ccccc1. The van der Waals surface area contributed by atoms with Crippen molar-refractivity contribution in [1.82, 2.24) is 5.32 Å². The van der Waals surface area contributed by atoms with Gasteiger partial charge in [0.2, 0.25) is 0 Å². The molecule has 1 atom stereocenters. The van der Waals surface area contributed by atoms with Crippen LogP contribution in [-0.2, 0) is 4.79 Å². The van der Waals surface area contributed by atoms with Crippen molar-refractivity contribution in [2.45, 2.75) is 5.25 Å². The minimum Gasteiger partial charge on any atom is -0.480 e. The molecular formula is C11H12N2O2S. The number of hydrogen-bond donors (Lipinski definition) is 2. The fourth-order valence-electron chi connectivity index (χ4n) is 1.46. The molecule has 0 aromatic heterocycles. The van der Waals surface area contributed by atoms with E-state index in [-0.39, 0.29) is 0 Å². The number of amidine groups is 1. The first-order chi connectivity index (χ1) is 7.77. The van der Waals surface area contributed by atoms with Crippen LogP contribution < -0.4 is 5.32 Å². The molecule has 1 aromatic carbocycles. The standard InChI is InChI=1S/C11H12N2O2S/c14-10(15)9(8-4-2-1-3-5-8)16-11-12-6-7-13-11/h1-5,9H,6-7H2,(H,12,13)(H,14,15). The largest absolute Gasteiger partial charge is 0.480 e. The summed E-state index contributed by atoms with van der Waals surface area (Å²) in [5, 5.41) is 12.4. The lowest BCUT2D eigenvalue weighted by molar-refractivity contribution is -0.136. The number of rotatable bonds is 3. The molecule has 1 aliphatic rings. The Bertz CT molecular complexity index is 406. The second-order valence-electron chi connectivity index (χ2n) is 3.36. The maximum atomic E-state index is 11.2. The Hall–Kier alpha value is -1.49. The third-order valence-electron chi connectivity index (χ3n) is 2.20. The maximum absolute atomic E-state index is 11.2. The third-order valence-corrected chi connectivity index (χ3v) is 3.41. The summed E-state index contributed by atoms with van der Waals surface area (Å²) >= 11 is 1.25. The zero-order chi connectivity index (χ0) is 11.4. The van der Waals surface area contributed by atoms with Gasteiger partial charge in [-0.25, -0.2) is 0 Å². The molecule has 0 aliphatic carbocycles. The Morgan fingerprint density at radius 1 is 1.44 bits per heavy atom. The normalized spacial score (nSPS) is 16.4. The molecule has 0 radical (unpaired) electrons.